The van der Waals surface area contributed by atoms with Gasteiger partial charge in [0.05, 0.1) is 21.2 Å². The van der Waals surface area contributed by atoms with Gasteiger partial charge in [-0.15, -0.1) is 0 Å². The van der Waals surface area contributed by atoms with Gasteiger partial charge in [0.15, 0.2) is 0 Å². The van der Waals surface area contributed by atoms with E-state index in [1.54, 1.807) is 36.4 Å². The molecule has 0 bridgehead atoms. The number of piperidine rings is 1. The molecule has 0 aromatic heterocycles. The smallest absolute Gasteiger partial charge is 0.261 e. The van der Waals surface area contributed by atoms with Crippen molar-refractivity contribution in [2.24, 2.45) is 11.8 Å². The van der Waals surface area contributed by atoms with E-state index in [1.807, 2.05) is 6.92 Å². The van der Waals surface area contributed by atoms with Crippen molar-refractivity contribution in [1.29, 1.82) is 0 Å². The highest BCUT2D eigenvalue weighted by atomic mass is 35.5. The van der Waals surface area contributed by atoms with Gasteiger partial charge in [0.25, 0.3) is 15.9 Å². The highest BCUT2D eigenvalue weighted by Gasteiger charge is 2.21. The zero-order valence-corrected chi connectivity index (χ0v) is 20.5. The first-order valence-electron chi connectivity index (χ1n) is 11.0. The van der Waals surface area contributed by atoms with Gasteiger partial charge in [-0.25, -0.2) is 8.42 Å². The molecule has 1 amide bonds. The standard InChI is InChI=1S/C24H32ClN3O3S/c1-17-5-8-21(9-6-17)32(30,31)27-20-7-10-22(23(25)14-20)24(29)26-11-4-12-28-15-18(2)13-19(3)16-28/h5-10,14,18-19,27H,4,11-13,15-16H2,1-3H3,(H,26,29)/t18-,19-/m1/s1. The molecule has 2 N–H and O–H groups in total. The van der Waals surface area contributed by atoms with Crippen molar-refractivity contribution in [1.82, 2.24) is 10.2 Å². The largest absolute Gasteiger partial charge is 0.352 e. The number of carbonyl (C=O) groups excluding carboxylic acids is 1. The van der Waals surface area contributed by atoms with E-state index >= 15 is 0 Å². The summed E-state index contributed by atoms with van der Waals surface area (Å²) < 4.78 is 27.6. The van der Waals surface area contributed by atoms with Gasteiger partial charge in [0.1, 0.15) is 0 Å². The van der Waals surface area contributed by atoms with E-state index in [-0.39, 0.29) is 15.8 Å². The minimum Gasteiger partial charge on any atom is -0.352 e. The van der Waals surface area contributed by atoms with Gasteiger partial charge < -0.3 is 10.2 Å². The molecular weight excluding hydrogens is 446 g/mol. The molecule has 0 unspecified atom stereocenters. The average Bonchev–Trinajstić information content (AvgIpc) is 2.70. The van der Waals surface area contributed by atoms with Crippen LogP contribution in [0.5, 0.6) is 0 Å². The van der Waals surface area contributed by atoms with E-state index in [0.29, 0.717) is 29.6 Å². The first-order valence-corrected chi connectivity index (χ1v) is 12.9. The molecular formula is C24H32ClN3O3S. The third kappa shape index (κ3) is 6.70. The molecule has 0 spiro atoms. The lowest BCUT2D eigenvalue weighted by Crippen LogP contribution is -2.40. The quantitative estimate of drug-likeness (QED) is 0.547. The molecule has 1 fully saturated rings. The van der Waals surface area contributed by atoms with Crippen LogP contribution in [-0.2, 0) is 10.0 Å². The minimum atomic E-state index is -3.73. The van der Waals surface area contributed by atoms with Crippen LogP contribution in [0, 0.1) is 18.8 Å². The highest BCUT2D eigenvalue weighted by molar-refractivity contribution is 7.92. The second-order valence-corrected chi connectivity index (χ2v) is 11.0. The highest BCUT2D eigenvalue weighted by Crippen LogP contribution is 2.24. The number of nitrogens with one attached hydrogen (secondary N) is 2. The van der Waals surface area contributed by atoms with Gasteiger partial charge >= 0.3 is 0 Å². The van der Waals surface area contributed by atoms with Gasteiger partial charge in [-0.3, -0.25) is 9.52 Å². The lowest BCUT2D eigenvalue weighted by molar-refractivity contribution is 0.0947. The number of likely N-dealkylation sites (tertiary alicyclic amines) is 1. The molecule has 3 rings (SSSR count). The van der Waals surface area contributed by atoms with E-state index in [2.05, 4.69) is 28.8 Å². The summed E-state index contributed by atoms with van der Waals surface area (Å²) in [6.45, 7) is 10.2. The van der Waals surface area contributed by atoms with Gasteiger partial charge in [-0.1, -0.05) is 43.1 Å². The van der Waals surface area contributed by atoms with Crippen molar-refractivity contribution in [2.75, 3.05) is 30.9 Å². The Kier molecular flexibility index (Phi) is 8.20. The van der Waals surface area contributed by atoms with Gasteiger partial charge in [0, 0.05) is 19.6 Å². The molecule has 2 aromatic rings. The van der Waals surface area contributed by atoms with Crippen molar-refractivity contribution in [2.45, 2.75) is 38.5 Å². The summed E-state index contributed by atoms with van der Waals surface area (Å²) in [4.78, 5) is 15.2. The summed E-state index contributed by atoms with van der Waals surface area (Å²) in [5.74, 6) is 1.17. The van der Waals surface area contributed by atoms with Gasteiger partial charge in [-0.2, -0.15) is 0 Å². The molecule has 1 heterocycles. The van der Waals surface area contributed by atoms with Crippen molar-refractivity contribution >= 4 is 33.2 Å². The average molecular weight is 478 g/mol. The van der Waals surface area contributed by atoms with Crippen molar-refractivity contribution < 1.29 is 13.2 Å². The van der Waals surface area contributed by atoms with Crippen LogP contribution in [0.25, 0.3) is 0 Å². The van der Waals surface area contributed by atoms with Crippen LogP contribution in [0.4, 0.5) is 5.69 Å². The zero-order chi connectivity index (χ0) is 23.3. The number of sulfonamides is 1. The topological polar surface area (TPSA) is 78.5 Å². The Morgan fingerprint density at radius 1 is 1.09 bits per heavy atom. The van der Waals surface area contributed by atoms with E-state index in [0.717, 1.165) is 31.6 Å². The van der Waals surface area contributed by atoms with Crippen LogP contribution >= 0.6 is 11.6 Å². The van der Waals surface area contributed by atoms with Gasteiger partial charge in [0.2, 0.25) is 0 Å². The molecule has 1 aliphatic rings. The molecule has 2 atom stereocenters. The van der Waals surface area contributed by atoms with E-state index in [9.17, 15) is 13.2 Å². The third-order valence-electron chi connectivity index (χ3n) is 5.68. The predicted molar refractivity (Wildman–Crippen MR) is 130 cm³/mol. The lowest BCUT2D eigenvalue weighted by atomic mass is 9.92. The van der Waals surface area contributed by atoms with E-state index in [1.165, 1.54) is 12.5 Å². The summed E-state index contributed by atoms with van der Waals surface area (Å²) in [5.41, 5.74) is 1.60. The number of amides is 1. The lowest BCUT2D eigenvalue weighted by Gasteiger charge is -2.34. The Morgan fingerprint density at radius 3 is 2.38 bits per heavy atom. The molecule has 8 heteroatoms. The van der Waals surface area contributed by atoms with Crippen LogP contribution in [0.2, 0.25) is 5.02 Å². The number of rotatable bonds is 8. The van der Waals surface area contributed by atoms with Crippen LogP contribution in [0.1, 0.15) is 42.6 Å². The second kappa shape index (κ2) is 10.7. The number of nitrogens with zero attached hydrogens (tertiary/aromatic N) is 1. The number of anilines is 1. The number of aryl methyl sites for hydroxylation is 1. The summed E-state index contributed by atoms with van der Waals surface area (Å²) in [7, 11) is -3.73. The molecule has 0 saturated carbocycles. The third-order valence-corrected chi connectivity index (χ3v) is 7.39. The number of hydrogen-bond acceptors (Lipinski definition) is 4. The number of halogens is 1. The first kappa shape index (κ1) is 24.6. The number of benzene rings is 2. The predicted octanol–water partition coefficient (Wildman–Crippen LogP) is 4.55. The molecule has 6 nitrogen and oxygen atoms in total. The van der Waals surface area contributed by atoms with E-state index in [4.69, 9.17) is 11.6 Å². The molecule has 1 aliphatic heterocycles. The van der Waals surface area contributed by atoms with Crippen molar-refractivity contribution in [3.63, 3.8) is 0 Å². The van der Waals surface area contributed by atoms with Crippen LogP contribution < -0.4 is 10.0 Å². The Labute approximate surface area is 196 Å². The SMILES string of the molecule is Cc1ccc(S(=O)(=O)Nc2ccc(C(=O)NCCCN3C[C@H](C)C[C@@H](C)C3)c(Cl)c2)cc1. The molecule has 2 aromatic carbocycles. The monoisotopic (exact) mass is 477 g/mol. The van der Waals surface area contributed by atoms with E-state index < -0.39 is 10.0 Å². The molecule has 174 valence electrons. The molecule has 1 saturated heterocycles. The normalized spacial score (nSPS) is 19.5. The fourth-order valence-electron chi connectivity index (χ4n) is 4.27. The van der Waals surface area contributed by atoms with Crippen molar-refractivity contribution in [3.8, 4) is 0 Å². The second-order valence-electron chi connectivity index (χ2n) is 8.93. The number of hydrogen-bond donors (Lipinski definition) is 2. The molecule has 32 heavy (non-hydrogen) atoms. The van der Waals surface area contributed by atoms with Crippen LogP contribution in [-0.4, -0.2) is 45.4 Å². The molecule has 0 radical (unpaired) electrons. The zero-order valence-electron chi connectivity index (χ0n) is 18.9. The van der Waals surface area contributed by atoms with Crippen LogP contribution in [0.15, 0.2) is 47.4 Å². The Balaban J connectivity index is 1.53. The Morgan fingerprint density at radius 2 is 1.75 bits per heavy atom. The van der Waals surface area contributed by atoms with Gasteiger partial charge in [-0.05, 0) is 68.5 Å². The van der Waals surface area contributed by atoms with Crippen LogP contribution in [0.3, 0.4) is 0 Å². The Hall–Kier alpha value is -2.09. The summed E-state index contributed by atoms with van der Waals surface area (Å²) in [6, 6.07) is 11.1. The summed E-state index contributed by atoms with van der Waals surface area (Å²) in [5, 5.41) is 3.11. The maximum absolute atomic E-state index is 12.6. The first-order chi connectivity index (χ1) is 15.1. The molecule has 0 aliphatic carbocycles. The minimum absolute atomic E-state index is 0.165. The maximum atomic E-state index is 12.6. The fourth-order valence-corrected chi connectivity index (χ4v) is 5.58. The summed E-state index contributed by atoms with van der Waals surface area (Å²) >= 11 is 6.28. The Bertz CT molecular complexity index is 1030. The number of carbonyl (C=O) groups is 1. The summed E-state index contributed by atoms with van der Waals surface area (Å²) in [6.07, 6.45) is 2.15. The maximum Gasteiger partial charge on any atom is 0.261 e. The van der Waals surface area contributed by atoms with Crippen molar-refractivity contribution in [3.05, 3.63) is 58.6 Å². The fraction of sp³-hybridized carbons (Fsp3) is 0.458.